The standard InChI is InChI=1S/C14H21N5O2/c20-13(15-6-9-18-10-7-16-17-18)12-3-1-2-8-19(12)14(21)11-4-5-11/h7,10-12H,1-6,8-9H2,(H,15,20)/t12-/m0/s1. The Hall–Kier alpha value is -1.92. The summed E-state index contributed by atoms with van der Waals surface area (Å²) in [6.07, 6.45) is 8.12. The molecule has 0 aromatic carbocycles. The van der Waals surface area contributed by atoms with E-state index in [1.807, 2.05) is 0 Å². The summed E-state index contributed by atoms with van der Waals surface area (Å²) in [6.45, 7) is 1.82. The van der Waals surface area contributed by atoms with E-state index in [1.54, 1.807) is 22.0 Å². The molecular formula is C14H21N5O2. The summed E-state index contributed by atoms with van der Waals surface area (Å²) in [6, 6.07) is -0.289. The molecule has 1 saturated carbocycles. The number of amides is 2. The molecule has 1 N–H and O–H groups in total. The van der Waals surface area contributed by atoms with Gasteiger partial charge in [0.05, 0.1) is 12.7 Å². The fourth-order valence-electron chi connectivity index (χ4n) is 2.80. The van der Waals surface area contributed by atoms with Crippen molar-refractivity contribution in [2.75, 3.05) is 13.1 Å². The maximum Gasteiger partial charge on any atom is 0.242 e. The third-order valence-corrected chi connectivity index (χ3v) is 4.13. The van der Waals surface area contributed by atoms with E-state index >= 15 is 0 Å². The number of carbonyl (C=O) groups is 2. The van der Waals surface area contributed by atoms with Crippen LogP contribution in [0.5, 0.6) is 0 Å². The summed E-state index contributed by atoms with van der Waals surface area (Å²) < 4.78 is 1.67. The Morgan fingerprint density at radius 2 is 2.10 bits per heavy atom. The number of hydrogen-bond donors (Lipinski definition) is 1. The molecule has 1 atom stereocenters. The predicted molar refractivity (Wildman–Crippen MR) is 75.1 cm³/mol. The first-order valence-electron chi connectivity index (χ1n) is 7.68. The first kappa shape index (κ1) is 14.0. The fraction of sp³-hybridized carbons (Fsp3) is 0.714. The Bertz CT molecular complexity index is 497. The van der Waals surface area contributed by atoms with E-state index < -0.39 is 0 Å². The molecule has 2 amide bonds. The molecule has 1 saturated heterocycles. The van der Waals surface area contributed by atoms with Crippen molar-refractivity contribution in [3.63, 3.8) is 0 Å². The monoisotopic (exact) mass is 291 g/mol. The van der Waals surface area contributed by atoms with Gasteiger partial charge in [-0.05, 0) is 32.1 Å². The van der Waals surface area contributed by atoms with Gasteiger partial charge < -0.3 is 10.2 Å². The fourth-order valence-corrected chi connectivity index (χ4v) is 2.80. The third-order valence-electron chi connectivity index (χ3n) is 4.13. The molecule has 0 radical (unpaired) electrons. The topological polar surface area (TPSA) is 80.1 Å². The lowest BCUT2D eigenvalue weighted by molar-refractivity contribution is -0.143. The second kappa shape index (κ2) is 6.24. The van der Waals surface area contributed by atoms with Crippen molar-refractivity contribution in [3.8, 4) is 0 Å². The SMILES string of the molecule is O=C(NCCn1ccnn1)[C@@H]1CCCCN1C(=O)C1CC1. The van der Waals surface area contributed by atoms with Crippen LogP contribution in [0.4, 0.5) is 0 Å². The molecule has 7 nitrogen and oxygen atoms in total. The zero-order valence-electron chi connectivity index (χ0n) is 12.1. The second-order valence-electron chi connectivity index (χ2n) is 5.77. The first-order valence-corrected chi connectivity index (χ1v) is 7.68. The molecule has 1 aromatic rings. The molecule has 0 unspecified atom stereocenters. The highest BCUT2D eigenvalue weighted by Gasteiger charge is 2.39. The summed E-state index contributed by atoms with van der Waals surface area (Å²) in [5.74, 6) is 0.309. The Kier molecular flexibility index (Phi) is 4.17. The number of nitrogens with one attached hydrogen (secondary N) is 1. The van der Waals surface area contributed by atoms with Crippen LogP contribution in [0.25, 0.3) is 0 Å². The number of likely N-dealkylation sites (tertiary alicyclic amines) is 1. The van der Waals surface area contributed by atoms with Crippen LogP contribution in [0.1, 0.15) is 32.1 Å². The normalized spacial score (nSPS) is 22.1. The van der Waals surface area contributed by atoms with E-state index in [0.29, 0.717) is 13.1 Å². The van der Waals surface area contributed by atoms with Crippen LogP contribution in [-0.2, 0) is 16.1 Å². The number of piperidine rings is 1. The average molecular weight is 291 g/mol. The van der Waals surface area contributed by atoms with Gasteiger partial charge in [0.1, 0.15) is 6.04 Å². The maximum atomic E-state index is 12.3. The second-order valence-corrected chi connectivity index (χ2v) is 5.77. The quantitative estimate of drug-likeness (QED) is 0.839. The zero-order chi connectivity index (χ0) is 14.7. The minimum atomic E-state index is -0.289. The largest absolute Gasteiger partial charge is 0.352 e. The van der Waals surface area contributed by atoms with Crippen molar-refractivity contribution < 1.29 is 9.59 Å². The average Bonchev–Trinajstić information content (AvgIpc) is 3.24. The van der Waals surface area contributed by atoms with E-state index in [2.05, 4.69) is 15.6 Å². The van der Waals surface area contributed by atoms with Gasteiger partial charge in [-0.3, -0.25) is 14.3 Å². The Morgan fingerprint density at radius 1 is 1.24 bits per heavy atom. The van der Waals surface area contributed by atoms with Crippen molar-refractivity contribution in [3.05, 3.63) is 12.4 Å². The summed E-state index contributed by atoms with van der Waals surface area (Å²) in [4.78, 5) is 26.4. The number of carbonyl (C=O) groups excluding carboxylic acids is 2. The minimum Gasteiger partial charge on any atom is -0.352 e. The number of hydrogen-bond acceptors (Lipinski definition) is 4. The van der Waals surface area contributed by atoms with Crippen LogP contribution in [0.15, 0.2) is 12.4 Å². The molecule has 114 valence electrons. The Balaban J connectivity index is 1.52. The Morgan fingerprint density at radius 3 is 2.81 bits per heavy atom. The van der Waals surface area contributed by atoms with Crippen molar-refractivity contribution in [1.29, 1.82) is 0 Å². The van der Waals surface area contributed by atoms with E-state index in [-0.39, 0.29) is 23.8 Å². The van der Waals surface area contributed by atoms with Crippen molar-refractivity contribution in [1.82, 2.24) is 25.2 Å². The molecule has 0 bridgehead atoms. The maximum absolute atomic E-state index is 12.3. The molecule has 1 aromatic heterocycles. The predicted octanol–water partition coefficient (Wildman–Crippen LogP) is 0.185. The van der Waals surface area contributed by atoms with E-state index in [9.17, 15) is 9.59 Å². The van der Waals surface area contributed by atoms with Gasteiger partial charge in [-0.15, -0.1) is 5.10 Å². The lowest BCUT2D eigenvalue weighted by Gasteiger charge is -2.34. The molecule has 7 heteroatoms. The minimum absolute atomic E-state index is 0.0381. The molecule has 3 rings (SSSR count). The summed E-state index contributed by atoms with van der Waals surface area (Å²) >= 11 is 0. The summed E-state index contributed by atoms with van der Waals surface area (Å²) in [5, 5.41) is 10.5. The number of rotatable bonds is 5. The zero-order valence-corrected chi connectivity index (χ0v) is 12.1. The van der Waals surface area contributed by atoms with Crippen molar-refractivity contribution in [2.45, 2.75) is 44.7 Å². The van der Waals surface area contributed by atoms with Gasteiger partial charge in [-0.1, -0.05) is 5.21 Å². The van der Waals surface area contributed by atoms with Crippen LogP contribution in [0.3, 0.4) is 0 Å². The molecule has 2 fully saturated rings. The summed E-state index contributed by atoms with van der Waals surface area (Å²) in [5.41, 5.74) is 0. The molecule has 21 heavy (non-hydrogen) atoms. The highest BCUT2D eigenvalue weighted by atomic mass is 16.2. The number of nitrogens with zero attached hydrogens (tertiary/aromatic N) is 4. The van der Waals surface area contributed by atoms with Gasteiger partial charge in [0.15, 0.2) is 0 Å². The molecular weight excluding hydrogens is 270 g/mol. The van der Waals surface area contributed by atoms with Gasteiger partial charge in [-0.2, -0.15) is 0 Å². The third kappa shape index (κ3) is 3.40. The van der Waals surface area contributed by atoms with Gasteiger partial charge in [0.25, 0.3) is 0 Å². The number of aromatic nitrogens is 3. The van der Waals surface area contributed by atoms with Crippen molar-refractivity contribution >= 4 is 11.8 Å². The van der Waals surface area contributed by atoms with Crippen LogP contribution >= 0.6 is 0 Å². The molecule has 1 aliphatic carbocycles. The van der Waals surface area contributed by atoms with Gasteiger partial charge in [0, 0.05) is 25.2 Å². The molecule has 1 aliphatic heterocycles. The molecule has 2 heterocycles. The lowest BCUT2D eigenvalue weighted by Crippen LogP contribution is -2.52. The van der Waals surface area contributed by atoms with Crippen LogP contribution in [-0.4, -0.2) is 50.8 Å². The smallest absolute Gasteiger partial charge is 0.242 e. The first-order chi connectivity index (χ1) is 10.3. The van der Waals surface area contributed by atoms with Crippen LogP contribution in [0, 0.1) is 5.92 Å². The van der Waals surface area contributed by atoms with Crippen LogP contribution < -0.4 is 5.32 Å². The van der Waals surface area contributed by atoms with Gasteiger partial charge >= 0.3 is 0 Å². The Labute approximate surface area is 123 Å². The highest BCUT2D eigenvalue weighted by molar-refractivity contribution is 5.89. The molecule has 0 spiro atoms. The van der Waals surface area contributed by atoms with Gasteiger partial charge in [0.2, 0.25) is 11.8 Å². The van der Waals surface area contributed by atoms with Crippen LogP contribution in [0.2, 0.25) is 0 Å². The van der Waals surface area contributed by atoms with E-state index in [0.717, 1.165) is 38.6 Å². The highest BCUT2D eigenvalue weighted by Crippen LogP contribution is 2.33. The van der Waals surface area contributed by atoms with Crippen molar-refractivity contribution in [2.24, 2.45) is 5.92 Å². The van der Waals surface area contributed by atoms with E-state index in [1.165, 1.54) is 0 Å². The van der Waals surface area contributed by atoms with Gasteiger partial charge in [-0.25, -0.2) is 0 Å². The molecule has 2 aliphatic rings. The lowest BCUT2D eigenvalue weighted by atomic mass is 10.0. The summed E-state index contributed by atoms with van der Waals surface area (Å²) in [7, 11) is 0. The van der Waals surface area contributed by atoms with E-state index in [4.69, 9.17) is 0 Å².